The summed E-state index contributed by atoms with van der Waals surface area (Å²) in [5, 5.41) is 4.51. The molecule has 2 aliphatic rings. The number of piperidine rings is 2. The quantitative estimate of drug-likeness (QED) is 0.818. The Kier molecular flexibility index (Phi) is 3.21. The molecule has 19 heavy (non-hydrogen) atoms. The van der Waals surface area contributed by atoms with Crippen molar-refractivity contribution in [1.82, 2.24) is 14.7 Å². The van der Waals surface area contributed by atoms with Gasteiger partial charge in [0.2, 0.25) is 0 Å². The maximum atomic E-state index is 11.8. The molecule has 0 spiro atoms. The van der Waals surface area contributed by atoms with Crippen LogP contribution in [0.2, 0.25) is 0 Å². The van der Waals surface area contributed by atoms with E-state index in [-0.39, 0.29) is 0 Å². The summed E-state index contributed by atoms with van der Waals surface area (Å²) >= 11 is 0. The minimum absolute atomic E-state index is 0.464. The van der Waals surface area contributed by atoms with E-state index in [4.69, 9.17) is 0 Å². The van der Waals surface area contributed by atoms with E-state index in [0.29, 0.717) is 17.9 Å². The van der Waals surface area contributed by atoms with Gasteiger partial charge in [0.15, 0.2) is 0 Å². The van der Waals surface area contributed by atoms with Crippen molar-refractivity contribution < 1.29 is 4.79 Å². The van der Waals surface area contributed by atoms with Crippen LogP contribution in [-0.4, -0.2) is 32.5 Å². The Morgan fingerprint density at radius 2 is 1.84 bits per heavy atom. The van der Waals surface area contributed by atoms with Gasteiger partial charge in [-0.2, -0.15) is 5.10 Å². The summed E-state index contributed by atoms with van der Waals surface area (Å²) in [4.78, 5) is 14.3. The fraction of sp³-hybridized carbons (Fsp3) is 0.733. The summed E-state index contributed by atoms with van der Waals surface area (Å²) in [6, 6.07) is 0.943. The third-order valence-electron chi connectivity index (χ3n) is 4.94. The second-order valence-corrected chi connectivity index (χ2v) is 6.13. The fourth-order valence-corrected chi connectivity index (χ4v) is 3.75. The van der Waals surface area contributed by atoms with Crippen molar-refractivity contribution in [3.8, 4) is 0 Å². The molecule has 104 valence electrons. The Morgan fingerprint density at radius 1 is 1.21 bits per heavy atom. The molecule has 0 aromatic carbocycles. The lowest BCUT2D eigenvalue weighted by atomic mass is 9.83. The highest BCUT2D eigenvalue weighted by atomic mass is 16.1. The smallest absolute Gasteiger partial charge is 0.136 e. The molecule has 0 N–H and O–H groups in total. The monoisotopic (exact) mass is 261 g/mol. The number of fused-ring (bicyclic) bond motifs is 2. The second-order valence-electron chi connectivity index (χ2n) is 6.13. The van der Waals surface area contributed by atoms with Crippen molar-refractivity contribution in [2.45, 2.75) is 64.6 Å². The predicted molar refractivity (Wildman–Crippen MR) is 73.9 cm³/mol. The van der Waals surface area contributed by atoms with E-state index in [0.717, 1.165) is 25.1 Å². The summed E-state index contributed by atoms with van der Waals surface area (Å²) in [7, 11) is 2.01. The zero-order valence-corrected chi connectivity index (χ0v) is 12.1. The zero-order valence-electron chi connectivity index (χ0n) is 12.1. The van der Waals surface area contributed by atoms with E-state index < -0.39 is 0 Å². The largest absolute Gasteiger partial charge is 0.300 e. The molecule has 2 unspecified atom stereocenters. The number of hydrogen-bond acceptors (Lipinski definition) is 3. The van der Waals surface area contributed by atoms with Gasteiger partial charge >= 0.3 is 0 Å². The van der Waals surface area contributed by atoms with E-state index in [1.54, 1.807) is 0 Å². The SMILES string of the molecule is Cc1nn(C)c(C)c1CN1C2CCCC1CC(=O)C2. The average molecular weight is 261 g/mol. The van der Waals surface area contributed by atoms with Crippen molar-refractivity contribution in [2.75, 3.05) is 0 Å². The van der Waals surface area contributed by atoms with Crippen LogP contribution in [0.4, 0.5) is 0 Å². The van der Waals surface area contributed by atoms with Crippen molar-refractivity contribution in [2.24, 2.45) is 7.05 Å². The van der Waals surface area contributed by atoms with E-state index in [2.05, 4.69) is 23.8 Å². The Labute approximate surface area is 114 Å². The molecule has 3 heterocycles. The van der Waals surface area contributed by atoms with Gasteiger partial charge in [-0.3, -0.25) is 14.4 Å². The van der Waals surface area contributed by atoms with Crippen molar-refractivity contribution in [3.63, 3.8) is 0 Å². The lowest BCUT2D eigenvalue weighted by Gasteiger charge is -2.45. The highest BCUT2D eigenvalue weighted by Crippen LogP contribution is 2.34. The van der Waals surface area contributed by atoms with E-state index >= 15 is 0 Å². The van der Waals surface area contributed by atoms with Crippen LogP contribution in [0.1, 0.15) is 49.1 Å². The number of aromatic nitrogens is 2. The first-order valence-electron chi connectivity index (χ1n) is 7.32. The first-order chi connectivity index (χ1) is 9.06. The zero-order chi connectivity index (χ0) is 13.6. The number of hydrogen-bond donors (Lipinski definition) is 0. The van der Waals surface area contributed by atoms with E-state index in [1.807, 2.05) is 11.7 Å². The first-order valence-corrected chi connectivity index (χ1v) is 7.32. The number of nitrogens with zero attached hydrogens (tertiary/aromatic N) is 3. The molecule has 2 saturated heterocycles. The Morgan fingerprint density at radius 3 is 2.37 bits per heavy atom. The van der Waals surface area contributed by atoms with Crippen molar-refractivity contribution in [1.29, 1.82) is 0 Å². The van der Waals surface area contributed by atoms with Crippen LogP contribution in [0.3, 0.4) is 0 Å². The van der Waals surface area contributed by atoms with Crippen molar-refractivity contribution >= 4 is 5.78 Å². The molecule has 0 amide bonds. The molecule has 0 aliphatic carbocycles. The first kappa shape index (κ1) is 12.9. The van der Waals surface area contributed by atoms with Crippen LogP contribution < -0.4 is 0 Å². The van der Waals surface area contributed by atoms with Gasteiger partial charge in [0, 0.05) is 49.8 Å². The molecular weight excluding hydrogens is 238 g/mol. The molecule has 1 aromatic rings. The van der Waals surface area contributed by atoms with Gasteiger partial charge in [0.05, 0.1) is 5.69 Å². The van der Waals surface area contributed by atoms with Crippen LogP contribution >= 0.6 is 0 Å². The van der Waals surface area contributed by atoms with Crippen molar-refractivity contribution in [3.05, 3.63) is 17.0 Å². The molecule has 2 bridgehead atoms. The molecule has 0 saturated carbocycles. The molecule has 3 rings (SSSR count). The summed E-state index contributed by atoms with van der Waals surface area (Å²) in [6.45, 7) is 5.20. The molecule has 4 heteroatoms. The molecule has 2 fully saturated rings. The molecule has 2 atom stereocenters. The molecule has 4 nitrogen and oxygen atoms in total. The minimum Gasteiger partial charge on any atom is -0.300 e. The van der Waals surface area contributed by atoms with Crippen LogP contribution in [0, 0.1) is 13.8 Å². The third-order valence-corrected chi connectivity index (χ3v) is 4.94. The average Bonchev–Trinajstić information content (AvgIpc) is 2.57. The normalized spacial score (nSPS) is 27.8. The minimum atomic E-state index is 0.464. The predicted octanol–water partition coefficient (Wildman–Crippen LogP) is 2.12. The summed E-state index contributed by atoms with van der Waals surface area (Å²) in [6.07, 6.45) is 5.16. The van der Waals surface area contributed by atoms with E-state index in [9.17, 15) is 4.79 Å². The van der Waals surface area contributed by atoms with E-state index in [1.165, 1.54) is 30.5 Å². The lowest BCUT2D eigenvalue weighted by molar-refractivity contribution is -0.127. The standard InChI is InChI=1S/C15H23N3O/c1-10-15(11(2)17(3)16-10)9-18-12-5-4-6-13(18)8-14(19)7-12/h12-13H,4-9H2,1-3H3. The molecule has 2 aliphatic heterocycles. The second kappa shape index (κ2) is 4.75. The number of carbonyl (C=O) groups is 1. The van der Waals surface area contributed by atoms with Gasteiger partial charge in [0.25, 0.3) is 0 Å². The van der Waals surface area contributed by atoms with Gasteiger partial charge in [-0.25, -0.2) is 0 Å². The molecule has 0 radical (unpaired) electrons. The molecular formula is C15H23N3O. The summed E-state index contributed by atoms with van der Waals surface area (Å²) in [5.41, 5.74) is 3.75. The third kappa shape index (κ3) is 2.22. The molecule has 1 aromatic heterocycles. The van der Waals surface area contributed by atoms with Gasteiger partial charge in [-0.15, -0.1) is 0 Å². The summed E-state index contributed by atoms with van der Waals surface area (Å²) in [5.74, 6) is 0.464. The Balaban J connectivity index is 1.84. The fourth-order valence-electron chi connectivity index (χ4n) is 3.75. The van der Waals surface area contributed by atoms with Crippen LogP contribution in [0.5, 0.6) is 0 Å². The number of Topliss-reactive ketones (excluding diaryl/α,β-unsaturated/α-hetero) is 1. The lowest BCUT2D eigenvalue weighted by Crippen LogP contribution is -2.51. The number of aryl methyl sites for hydroxylation is 2. The highest BCUT2D eigenvalue weighted by molar-refractivity contribution is 5.80. The maximum absolute atomic E-state index is 11.8. The van der Waals surface area contributed by atoms with Crippen LogP contribution in [-0.2, 0) is 18.4 Å². The van der Waals surface area contributed by atoms with Crippen LogP contribution in [0.15, 0.2) is 0 Å². The van der Waals surface area contributed by atoms with Gasteiger partial charge < -0.3 is 0 Å². The van der Waals surface area contributed by atoms with Gasteiger partial charge in [0.1, 0.15) is 5.78 Å². The van der Waals surface area contributed by atoms with Gasteiger partial charge in [-0.05, 0) is 26.7 Å². The Bertz CT molecular complexity index is 490. The maximum Gasteiger partial charge on any atom is 0.136 e. The topological polar surface area (TPSA) is 38.1 Å². The number of ketones is 1. The highest BCUT2D eigenvalue weighted by Gasteiger charge is 2.37. The number of carbonyl (C=O) groups excluding carboxylic acids is 1. The Hall–Kier alpha value is -1.16. The number of rotatable bonds is 2. The van der Waals surface area contributed by atoms with Crippen LogP contribution in [0.25, 0.3) is 0 Å². The van der Waals surface area contributed by atoms with Gasteiger partial charge in [-0.1, -0.05) is 6.42 Å². The summed E-state index contributed by atoms with van der Waals surface area (Å²) < 4.78 is 1.97.